The Morgan fingerprint density at radius 3 is 2.54 bits per heavy atom. The quantitative estimate of drug-likeness (QED) is 0.891. The van der Waals surface area contributed by atoms with Crippen LogP contribution in [0.2, 0.25) is 0 Å². The molecule has 132 valence electrons. The Balaban J connectivity index is 0.00000208. The van der Waals surface area contributed by atoms with Gasteiger partial charge in [-0.25, -0.2) is 0 Å². The highest BCUT2D eigenvalue weighted by Crippen LogP contribution is 2.43. The van der Waals surface area contributed by atoms with Crippen molar-refractivity contribution in [3.05, 3.63) is 41.5 Å². The highest BCUT2D eigenvalue weighted by Gasteiger charge is 2.41. The number of likely N-dealkylation sites (tertiary alicyclic amines) is 1. The van der Waals surface area contributed by atoms with Gasteiger partial charge in [0.15, 0.2) is 0 Å². The zero-order valence-electron chi connectivity index (χ0n) is 14.6. The Hall–Kier alpha value is -0.970. The lowest BCUT2D eigenvalue weighted by Crippen LogP contribution is -2.56. The fourth-order valence-corrected chi connectivity index (χ4v) is 3.97. The van der Waals surface area contributed by atoms with E-state index in [0.29, 0.717) is 0 Å². The van der Waals surface area contributed by atoms with Crippen LogP contribution >= 0.6 is 24.2 Å². The number of allylic oxidation sites excluding steroid dienone is 1. The van der Waals surface area contributed by atoms with E-state index in [1.165, 1.54) is 11.1 Å². The molecular formula is C19H27ClN2OS. The maximum Gasteiger partial charge on any atom is 0.240 e. The van der Waals surface area contributed by atoms with Gasteiger partial charge in [0.2, 0.25) is 5.91 Å². The first-order valence-electron chi connectivity index (χ1n) is 8.28. The van der Waals surface area contributed by atoms with Crippen LogP contribution < -0.4 is 5.73 Å². The molecule has 1 atom stereocenters. The summed E-state index contributed by atoms with van der Waals surface area (Å²) in [6, 6.07) is 8.16. The number of benzene rings is 1. The molecule has 1 heterocycles. The monoisotopic (exact) mass is 366 g/mol. The predicted molar refractivity (Wildman–Crippen MR) is 106 cm³/mol. The SMILES string of the molecule is CSC(C)(C)[C@H](N)C(=O)N1CCC2(C=Cc3ccccc32)CC1.Cl. The van der Waals surface area contributed by atoms with Gasteiger partial charge < -0.3 is 10.6 Å². The van der Waals surface area contributed by atoms with Gasteiger partial charge in [-0.3, -0.25) is 4.79 Å². The zero-order valence-corrected chi connectivity index (χ0v) is 16.3. The summed E-state index contributed by atoms with van der Waals surface area (Å²) in [5.41, 5.74) is 9.09. The third-order valence-electron chi connectivity index (χ3n) is 5.59. The van der Waals surface area contributed by atoms with Crippen LogP contribution in [0, 0.1) is 0 Å². The Bertz CT molecular complexity index is 636. The van der Waals surface area contributed by atoms with Gasteiger partial charge in [-0.05, 0) is 44.1 Å². The van der Waals surface area contributed by atoms with Crippen molar-refractivity contribution in [1.29, 1.82) is 0 Å². The summed E-state index contributed by atoms with van der Waals surface area (Å²) in [4.78, 5) is 14.7. The van der Waals surface area contributed by atoms with Crippen molar-refractivity contribution in [3.63, 3.8) is 0 Å². The molecule has 0 aromatic heterocycles. The summed E-state index contributed by atoms with van der Waals surface area (Å²) in [5, 5.41) is 0. The van der Waals surface area contributed by atoms with Crippen molar-refractivity contribution < 1.29 is 4.79 Å². The molecule has 1 aromatic rings. The molecule has 1 fully saturated rings. The van der Waals surface area contributed by atoms with E-state index in [4.69, 9.17) is 5.73 Å². The Labute approximate surface area is 155 Å². The number of thioether (sulfide) groups is 1. The smallest absolute Gasteiger partial charge is 0.240 e. The lowest BCUT2D eigenvalue weighted by Gasteiger charge is -2.41. The van der Waals surface area contributed by atoms with Crippen LogP contribution in [0.5, 0.6) is 0 Å². The minimum Gasteiger partial charge on any atom is -0.341 e. The molecule has 1 spiro atoms. The van der Waals surface area contributed by atoms with E-state index >= 15 is 0 Å². The number of piperidine rings is 1. The molecule has 1 amide bonds. The third kappa shape index (κ3) is 3.24. The first kappa shape index (κ1) is 19.4. The van der Waals surface area contributed by atoms with Gasteiger partial charge in [-0.1, -0.05) is 36.4 Å². The number of hydrogen-bond donors (Lipinski definition) is 1. The fraction of sp³-hybridized carbons (Fsp3) is 0.526. The van der Waals surface area contributed by atoms with Crippen LogP contribution in [0.15, 0.2) is 30.3 Å². The average Bonchev–Trinajstić information content (AvgIpc) is 2.93. The maximum absolute atomic E-state index is 12.7. The molecule has 24 heavy (non-hydrogen) atoms. The summed E-state index contributed by atoms with van der Waals surface area (Å²) < 4.78 is -0.230. The summed E-state index contributed by atoms with van der Waals surface area (Å²) in [7, 11) is 0. The van der Waals surface area contributed by atoms with Gasteiger partial charge in [-0.15, -0.1) is 12.4 Å². The number of amides is 1. The van der Waals surface area contributed by atoms with E-state index in [9.17, 15) is 4.79 Å². The highest BCUT2D eigenvalue weighted by molar-refractivity contribution is 8.00. The summed E-state index contributed by atoms with van der Waals surface area (Å²) in [5.74, 6) is 0.0921. The number of carbonyl (C=O) groups excluding carboxylic acids is 1. The number of carbonyl (C=O) groups is 1. The van der Waals surface area contributed by atoms with Gasteiger partial charge in [0.05, 0.1) is 6.04 Å². The average molecular weight is 367 g/mol. The second kappa shape index (κ2) is 7.11. The molecule has 5 heteroatoms. The lowest BCUT2D eigenvalue weighted by molar-refractivity contribution is -0.134. The molecule has 1 saturated heterocycles. The Morgan fingerprint density at radius 1 is 1.29 bits per heavy atom. The molecule has 1 aliphatic heterocycles. The molecular weight excluding hydrogens is 340 g/mol. The van der Waals surface area contributed by atoms with E-state index < -0.39 is 6.04 Å². The van der Waals surface area contributed by atoms with Crippen LogP contribution in [-0.4, -0.2) is 40.9 Å². The van der Waals surface area contributed by atoms with Crippen molar-refractivity contribution in [2.24, 2.45) is 5.73 Å². The minimum absolute atomic E-state index is 0. The van der Waals surface area contributed by atoms with E-state index in [0.717, 1.165) is 25.9 Å². The van der Waals surface area contributed by atoms with Gasteiger partial charge in [0.1, 0.15) is 0 Å². The molecule has 0 unspecified atom stereocenters. The first-order chi connectivity index (χ1) is 10.9. The second-order valence-corrected chi connectivity index (χ2v) is 8.65. The van der Waals surface area contributed by atoms with Crippen LogP contribution in [0.1, 0.15) is 37.8 Å². The molecule has 3 rings (SSSR count). The molecule has 3 nitrogen and oxygen atoms in total. The topological polar surface area (TPSA) is 46.3 Å². The molecule has 1 aromatic carbocycles. The largest absolute Gasteiger partial charge is 0.341 e. The predicted octanol–water partition coefficient (Wildman–Crippen LogP) is 3.46. The number of fused-ring (bicyclic) bond motifs is 2. The zero-order chi connectivity index (χ0) is 16.7. The van der Waals surface area contributed by atoms with Crippen molar-refractivity contribution in [3.8, 4) is 0 Å². The van der Waals surface area contributed by atoms with Crippen LogP contribution in [0.4, 0.5) is 0 Å². The third-order valence-corrected chi connectivity index (χ3v) is 6.89. The van der Waals surface area contributed by atoms with Crippen molar-refractivity contribution in [2.75, 3.05) is 19.3 Å². The molecule has 2 aliphatic rings. The van der Waals surface area contributed by atoms with Gasteiger partial charge in [0, 0.05) is 23.3 Å². The van der Waals surface area contributed by atoms with Crippen molar-refractivity contribution in [2.45, 2.75) is 42.9 Å². The minimum atomic E-state index is -0.446. The number of rotatable bonds is 3. The van der Waals surface area contributed by atoms with Gasteiger partial charge >= 0.3 is 0 Å². The number of hydrogen-bond acceptors (Lipinski definition) is 3. The van der Waals surface area contributed by atoms with Crippen molar-refractivity contribution >= 4 is 36.2 Å². The van der Waals surface area contributed by atoms with E-state index in [-0.39, 0.29) is 28.5 Å². The first-order valence-corrected chi connectivity index (χ1v) is 9.50. The van der Waals surface area contributed by atoms with E-state index in [1.54, 1.807) is 11.8 Å². The van der Waals surface area contributed by atoms with E-state index in [2.05, 4.69) is 36.4 Å². The van der Waals surface area contributed by atoms with Crippen LogP contribution in [0.3, 0.4) is 0 Å². The number of halogens is 1. The fourth-order valence-electron chi connectivity index (χ4n) is 3.62. The Morgan fingerprint density at radius 2 is 1.92 bits per heavy atom. The standard InChI is InChI=1S/C19H26N2OS.ClH/c1-18(2,23-3)16(20)17(22)21-12-10-19(11-13-21)9-8-14-6-4-5-7-15(14)19;/h4-9,16H,10-13,20H2,1-3H3;1H/t16-;/m1./s1. The van der Waals surface area contributed by atoms with E-state index in [1.807, 2.05) is 25.0 Å². The van der Waals surface area contributed by atoms with Crippen LogP contribution in [0.25, 0.3) is 6.08 Å². The molecule has 1 aliphatic carbocycles. The number of nitrogens with two attached hydrogens (primary N) is 1. The van der Waals surface area contributed by atoms with Gasteiger partial charge in [0.25, 0.3) is 0 Å². The van der Waals surface area contributed by atoms with Crippen LogP contribution in [-0.2, 0) is 10.2 Å². The molecule has 2 N–H and O–H groups in total. The molecule has 0 radical (unpaired) electrons. The highest BCUT2D eigenvalue weighted by atomic mass is 35.5. The number of nitrogens with zero attached hydrogens (tertiary/aromatic N) is 1. The normalized spacial score (nSPS) is 19.8. The summed E-state index contributed by atoms with van der Waals surface area (Å²) in [6.07, 6.45) is 8.55. The summed E-state index contributed by atoms with van der Waals surface area (Å²) in [6.45, 7) is 5.66. The summed E-state index contributed by atoms with van der Waals surface area (Å²) >= 11 is 1.65. The lowest BCUT2D eigenvalue weighted by atomic mass is 9.74. The second-order valence-electron chi connectivity index (χ2n) is 7.19. The molecule has 0 saturated carbocycles. The van der Waals surface area contributed by atoms with Gasteiger partial charge in [-0.2, -0.15) is 11.8 Å². The Kier molecular flexibility index (Phi) is 5.73. The maximum atomic E-state index is 12.7. The van der Waals surface area contributed by atoms with Crippen molar-refractivity contribution in [1.82, 2.24) is 4.90 Å². The molecule has 0 bridgehead atoms.